The van der Waals surface area contributed by atoms with Gasteiger partial charge in [0.05, 0.1) is 0 Å². The van der Waals surface area contributed by atoms with Gasteiger partial charge in [-0.15, -0.1) is 10.2 Å². The largest absolute Gasteiger partial charge is 0.483 e. The van der Waals surface area contributed by atoms with Crippen molar-refractivity contribution in [1.82, 2.24) is 20.0 Å². The summed E-state index contributed by atoms with van der Waals surface area (Å²) in [7, 11) is 0. The predicted molar refractivity (Wildman–Crippen MR) is 114 cm³/mol. The van der Waals surface area contributed by atoms with Crippen molar-refractivity contribution in [2.24, 2.45) is 0 Å². The summed E-state index contributed by atoms with van der Waals surface area (Å²) >= 11 is 0. The molecule has 2 heterocycles. The molecule has 0 bridgehead atoms. The molecule has 0 unspecified atom stereocenters. The number of nitrogens with zero attached hydrogens (tertiary/aromatic N) is 4. The number of anilines is 3. The molecule has 30 heavy (non-hydrogen) atoms. The van der Waals surface area contributed by atoms with Crippen LogP contribution in [0.4, 0.5) is 17.2 Å². The van der Waals surface area contributed by atoms with Gasteiger partial charge in [-0.1, -0.05) is 18.2 Å². The maximum atomic E-state index is 12.1. The highest BCUT2D eigenvalue weighted by atomic mass is 16.5. The van der Waals surface area contributed by atoms with Gasteiger partial charge in [0.1, 0.15) is 5.75 Å². The molecular formula is C22H20N6O2. The highest BCUT2D eigenvalue weighted by Crippen LogP contribution is 2.19. The van der Waals surface area contributed by atoms with Crippen molar-refractivity contribution in [2.75, 3.05) is 17.2 Å². The zero-order chi connectivity index (χ0) is 20.8. The van der Waals surface area contributed by atoms with Gasteiger partial charge in [-0.25, -0.2) is 4.68 Å². The number of nitrogens with one attached hydrogen (secondary N) is 2. The molecule has 8 heteroatoms. The molecule has 0 fully saturated rings. The Hall–Kier alpha value is -4.20. The van der Waals surface area contributed by atoms with E-state index in [-0.39, 0.29) is 12.5 Å². The van der Waals surface area contributed by atoms with Crippen LogP contribution < -0.4 is 15.4 Å². The molecule has 4 aromatic rings. The summed E-state index contributed by atoms with van der Waals surface area (Å²) < 4.78 is 7.20. The predicted octanol–water partition coefficient (Wildman–Crippen LogP) is 3.73. The van der Waals surface area contributed by atoms with Gasteiger partial charge in [-0.05, 0) is 61.0 Å². The van der Waals surface area contributed by atoms with Crippen LogP contribution in [0.5, 0.6) is 5.75 Å². The minimum Gasteiger partial charge on any atom is -0.483 e. The van der Waals surface area contributed by atoms with Gasteiger partial charge in [0, 0.05) is 23.8 Å². The van der Waals surface area contributed by atoms with Crippen molar-refractivity contribution in [1.29, 1.82) is 0 Å². The maximum Gasteiger partial charge on any atom is 0.262 e. The lowest BCUT2D eigenvalue weighted by molar-refractivity contribution is -0.118. The van der Waals surface area contributed by atoms with Crippen LogP contribution >= 0.6 is 0 Å². The molecule has 8 nitrogen and oxygen atoms in total. The Kier molecular flexibility index (Phi) is 5.66. The third-order valence-corrected chi connectivity index (χ3v) is 4.28. The molecular weight excluding hydrogens is 380 g/mol. The number of aryl methyl sites for hydroxylation is 1. The number of benzene rings is 2. The lowest BCUT2D eigenvalue weighted by atomic mass is 10.2. The quantitative estimate of drug-likeness (QED) is 0.491. The molecule has 2 aromatic carbocycles. The number of carbonyl (C=O) groups excluding carboxylic acids is 1. The Bertz CT molecular complexity index is 1110. The van der Waals surface area contributed by atoms with Gasteiger partial charge in [-0.3, -0.25) is 4.79 Å². The van der Waals surface area contributed by atoms with Gasteiger partial charge < -0.3 is 15.4 Å². The van der Waals surface area contributed by atoms with E-state index in [0.29, 0.717) is 23.1 Å². The lowest BCUT2D eigenvalue weighted by Crippen LogP contribution is -2.20. The zero-order valence-corrected chi connectivity index (χ0v) is 16.3. The summed E-state index contributed by atoms with van der Waals surface area (Å²) in [6, 6.07) is 20.4. The van der Waals surface area contributed by atoms with Gasteiger partial charge in [0.25, 0.3) is 5.91 Å². The molecule has 0 saturated heterocycles. The fourth-order valence-corrected chi connectivity index (χ4v) is 2.76. The number of hydrogen-bond acceptors (Lipinski definition) is 6. The summed E-state index contributed by atoms with van der Waals surface area (Å²) in [6.07, 6.45) is 3.49. The number of hydrogen-bond donors (Lipinski definition) is 2. The molecule has 0 radical (unpaired) electrons. The minimum absolute atomic E-state index is 0.0525. The van der Waals surface area contributed by atoms with Crippen LogP contribution in [-0.2, 0) is 4.79 Å². The number of aromatic nitrogens is 4. The average Bonchev–Trinajstić information content (AvgIpc) is 3.30. The highest BCUT2D eigenvalue weighted by Gasteiger charge is 2.06. The second-order valence-electron chi connectivity index (χ2n) is 6.53. The Morgan fingerprint density at radius 2 is 1.77 bits per heavy atom. The number of rotatable bonds is 7. The summed E-state index contributed by atoms with van der Waals surface area (Å²) in [5.41, 5.74) is 2.49. The SMILES string of the molecule is Cc1ccccc1OCC(=O)Nc1ccc(Nc2ccc(-n3cccn3)nn2)cc1. The molecule has 150 valence electrons. The first kappa shape index (κ1) is 19.1. The molecule has 0 saturated carbocycles. The van der Waals surface area contributed by atoms with E-state index in [1.165, 1.54) is 0 Å². The molecule has 0 spiro atoms. The number of carbonyl (C=O) groups is 1. The fraction of sp³-hybridized carbons (Fsp3) is 0.0909. The molecule has 0 aliphatic heterocycles. The van der Waals surface area contributed by atoms with Gasteiger partial charge in [0.15, 0.2) is 18.2 Å². The highest BCUT2D eigenvalue weighted by molar-refractivity contribution is 5.92. The Morgan fingerprint density at radius 1 is 0.967 bits per heavy atom. The number of amides is 1. The number of ether oxygens (including phenoxy) is 1. The smallest absolute Gasteiger partial charge is 0.262 e. The van der Waals surface area contributed by atoms with Crippen molar-refractivity contribution in [2.45, 2.75) is 6.92 Å². The minimum atomic E-state index is -0.223. The second-order valence-corrected chi connectivity index (χ2v) is 6.53. The van der Waals surface area contributed by atoms with Crippen LogP contribution in [0.15, 0.2) is 79.1 Å². The number of para-hydroxylation sites is 1. The van der Waals surface area contributed by atoms with Crippen LogP contribution in [0.3, 0.4) is 0 Å². The Morgan fingerprint density at radius 3 is 2.47 bits per heavy atom. The first-order valence-electron chi connectivity index (χ1n) is 9.36. The Labute approximate surface area is 173 Å². The third kappa shape index (κ3) is 4.79. The standard InChI is InChI=1S/C22H20N6O2/c1-16-5-2-3-6-19(16)30-15-22(29)25-18-9-7-17(8-10-18)24-20-11-12-21(27-26-20)28-14-4-13-23-28/h2-14H,15H2,1H3,(H,24,26)(H,25,29). The molecule has 0 aliphatic rings. The average molecular weight is 400 g/mol. The molecule has 0 atom stereocenters. The second kappa shape index (κ2) is 8.87. The summed E-state index contributed by atoms with van der Waals surface area (Å²) in [6.45, 7) is 1.89. The summed E-state index contributed by atoms with van der Waals surface area (Å²) in [5, 5.41) is 18.4. The van der Waals surface area contributed by atoms with Crippen molar-refractivity contribution in [3.8, 4) is 11.6 Å². The molecule has 0 aliphatic carbocycles. The van der Waals surface area contributed by atoms with Gasteiger partial charge >= 0.3 is 0 Å². The van der Waals surface area contributed by atoms with E-state index in [4.69, 9.17) is 4.74 Å². The van der Waals surface area contributed by atoms with E-state index in [1.807, 2.05) is 61.5 Å². The molecule has 2 aromatic heterocycles. The van der Waals surface area contributed by atoms with Crippen LogP contribution in [0.1, 0.15) is 5.56 Å². The summed E-state index contributed by atoms with van der Waals surface area (Å²) in [5.74, 6) is 1.72. The zero-order valence-electron chi connectivity index (χ0n) is 16.3. The van der Waals surface area contributed by atoms with Crippen LogP contribution in [0.2, 0.25) is 0 Å². The van der Waals surface area contributed by atoms with E-state index in [1.54, 1.807) is 29.2 Å². The van der Waals surface area contributed by atoms with E-state index < -0.39 is 0 Å². The molecule has 1 amide bonds. The normalized spacial score (nSPS) is 10.4. The van der Waals surface area contributed by atoms with E-state index in [9.17, 15) is 4.79 Å². The van der Waals surface area contributed by atoms with Crippen molar-refractivity contribution in [3.63, 3.8) is 0 Å². The van der Waals surface area contributed by atoms with Crippen LogP contribution in [0.25, 0.3) is 5.82 Å². The summed E-state index contributed by atoms with van der Waals surface area (Å²) in [4.78, 5) is 12.1. The van der Waals surface area contributed by atoms with Gasteiger partial charge in [0.2, 0.25) is 0 Å². The van der Waals surface area contributed by atoms with Crippen molar-refractivity contribution < 1.29 is 9.53 Å². The van der Waals surface area contributed by atoms with E-state index in [2.05, 4.69) is 25.9 Å². The first-order chi connectivity index (χ1) is 14.7. The van der Waals surface area contributed by atoms with Gasteiger partial charge in [-0.2, -0.15) is 5.10 Å². The van der Waals surface area contributed by atoms with E-state index in [0.717, 1.165) is 11.3 Å². The molecule has 2 N–H and O–H groups in total. The van der Waals surface area contributed by atoms with Crippen molar-refractivity contribution in [3.05, 3.63) is 84.7 Å². The first-order valence-corrected chi connectivity index (χ1v) is 9.36. The van der Waals surface area contributed by atoms with E-state index >= 15 is 0 Å². The van der Waals surface area contributed by atoms with Crippen LogP contribution in [0, 0.1) is 6.92 Å². The topological polar surface area (TPSA) is 94.0 Å². The monoisotopic (exact) mass is 400 g/mol. The van der Waals surface area contributed by atoms with Crippen molar-refractivity contribution >= 4 is 23.1 Å². The van der Waals surface area contributed by atoms with Crippen LogP contribution in [-0.4, -0.2) is 32.5 Å². The maximum absolute atomic E-state index is 12.1. The lowest BCUT2D eigenvalue weighted by Gasteiger charge is -2.10. The third-order valence-electron chi connectivity index (χ3n) is 4.28. The Balaban J connectivity index is 1.30. The fourth-order valence-electron chi connectivity index (χ4n) is 2.76. The molecule has 4 rings (SSSR count).